The van der Waals surface area contributed by atoms with Crippen LogP contribution < -0.4 is 9.75 Å². The van der Waals surface area contributed by atoms with Crippen LogP contribution in [0.2, 0.25) is 0 Å². The second kappa shape index (κ2) is 7.97. The molecule has 0 N–H and O–H groups in total. The Morgan fingerprint density at radius 3 is 2.68 bits per heavy atom. The Bertz CT molecular complexity index is 1290. The van der Waals surface area contributed by atoms with Crippen LogP contribution in [0.1, 0.15) is 6.92 Å². The van der Waals surface area contributed by atoms with E-state index in [9.17, 15) is 4.79 Å². The molecular formula is C21H16N6O2S2. The molecule has 0 radical (unpaired) electrons. The summed E-state index contributed by atoms with van der Waals surface area (Å²) in [4.78, 5) is 21.9. The molecule has 1 atom stereocenters. The minimum absolute atomic E-state index is 0.280. The lowest BCUT2D eigenvalue weighted by atomic mass is 10.2. The van der Waals surface area contributed by atoms with Crippen LogP contribution in [-0.4, -0.2) is 34.7 Å². The smallest absolute Gasteiger partial charge is 0.282 e. The lowest BCUT2D eigenvalue weighted by Gasteiger charge is -2.07. The summed E-state index contributed by atoms with van der Waals surface area (Å²) in [5.41, 5.74) is 3.13. The summed E-state index contributed by atoms with van der Waals surface area (Å²) in [5, 5.41) is 17.0. The number of nitrogens with zero attached hydrogens (tertiary/aromatic N) is 6. The number of anilines is 1. The van der Waals surface area contributed by atoms with Gasteiger partial charge in [0.05, 0.1) is 28.7 Å². The van der Waals surface area contributed by atoms with E-state index in [1.165, 1.54) is 27.7 Å². The van der Waals surface area contributed by atoms with Crippen molar-refractivity contribution in [2.75, 3.05) is 12.1 Å². The van der Waals surface area contributed by atoms with E-state index in [2.05, 4.69) is 25.3 Å². The highest BCUT2D eigenvalue weighted by molar-refractivity contribution is 7.21. The number of hydrogen-bond donors (Lipinski definition) is 0. The van der Waals surface area contributed by atoms with Crippen LogP contribution in [0.25, 0.3) is 21.5 Å². The summed E-state index contributed by atoms with van der Waals surface area (Å²) in [6.45, 7) is 1.76. The maximum Gasteiger partial charge on any atom is 0.282 e. The lowest BCUT2D eigenvalue weighted by molar-refractivity contribution is -0.117. The number of hydrogen-bond acceptors (Lipinski definition) is 9. The van der Waals surface area contributed by atoms with Crippen molar-refractivity contribution >= 4 is 54.8 Å². The van der Waals surface area contributed by atoms with Gasteiger partial charge in [-0.3, -0.25) is 4.79 Å². The van der Waals surface area contributed by atoms with E-state index in [1.54, 1.807) is 14.0 Å². The number of hydrazone groups is 1. The van der Waals surface area contributed by atoms with Gasteiger partial charge in [-0.15, -0.1) is 16.5 Å². The predicted octanol–water partition coefficient (Wildman–Crippen LogP) is 5.30. The normalized spacial score (nSPS) is 16.5. The van der Waals surface area contributed by atoms with E-state index < -0.39 is 6.04 Å². The second-order valence-electron chi connectivity index (χ2n) is 6.72. The maximum absolute atomic E-state index is 12.9. The van der Waals surface area contributed by atoms with Gasteiger partial charge in [0.1, 0.15) is 5.75 Å². The van der Waals surface area contributed by atoms with Crippen LogP contribution in [0.5, 0.6) is 5.75 Å². The average Bonchev–Trinajstić information content (AvgIpc) is 3.50. The van der Waals surface area contributed by atoms with E-state index >= 15 is 0 Å². The number of benzene rings is 2. The maximum atomic E-state index is 12.9. The molecule has 2 aromatic carbocycles. The molecular weight excluding hydrogens is 432 g/mol. The van der Waals surface area contributed by atoms with Crippen LogP contribution in [0.4, 0.5) is 10.3 Å². The minimum atomic E-state index is -0.777. The Balaban J connectivity index is 1.35. The topological polar surface area (TPSA) is 92.4 Å². The molecule has 8 nitrogen and oxygen atoms in total. The summed E-state index contributed by atoms with van der Waals surface area (Å²) < 4.78 is 6.21. The number of carbonyl (C=O) groups is 1. The first-order valence-electron chi connectivity index (χ1n) is 9.38. The number of aromatic nitrogens is 2. The summed E-state index contributed by atoms with van der Waals surface area (Å²) >= 11 is 2.78. The third-order valence-corrected chi connectivity index (χ3v) is 6.43. The standard InChI is InChI=1S/C21H16N6O2S2/c1-12-18(24-25-20-22-15-5-3-4-6-17(15)31-20)19(28)27(26-12)21-23-16(11-30-21)13-7-9-14(29-2)10-8-13/h3-11,18H,1-2H3. The number of amides is 1. The number of azo groups is 1. The highest BCUT2D eigenvalue weighted by Crippen LogP contribution is 2.32. The number of fused-ring (bicyclic) bond motifs is 1. The Kier molecular flexibility index (Phi) is 5.00. The summed E-state index contributed by atoms with van der Waals surface area (Å²) in [6.07, 6.45) is 0. The molecule has 0 spiro atoms. The highest BCUT2D eigenvalue weighted by Gasteiger charge is 2.36. The molecule has 1 aliphatic heterocycles. The zero-order chi connectivity index (χ0) is 21.4. The van der Waals surface area contributed by atoms with Gasteiger partial charge in [-0.1, -0.05) is 23.5 Å². The molecule has 0 saturated carbocycles. The van der Waals surface area contributed by atoms with Crippen LogP contribution in [0.3, 0.4) is 0 Å². The number of para-hydroxylation sites is 1. The lowest BCUT2D eigenvalue weighted by Crippen LogP contribution is -2.29. The van der Waals surface area contributed by atoms with Gasteiger partial charge in [0.2, 0.25) is 10.3 Å². The van der Waals surface area contributed by atoms with Crippen molar-refractivity contribution in [3.63, 3.8) is 0 Å². The van der Waals surface area contributed by atoms with Crippen molar-refractivity contribution in [3.8, 4) is 17.0 Å². The predicted molar refractivity (Wildman–Crippen MR) is 123 cm³/mol. The molecule has 31 heavy (non-hydrogen) atoms. The molecule has 10 heteroatoms. The van der Waals surface area contributed by atoms with E-state index in [0.717, 1.165) is 27.2 Å². The zero-order valence-corrected chi connectivity index (χ0v) is 18.2. The van der Waals surface area contributed by atoms with Crippen molar-refractivity contribution < 1.29 is 9.53 Å². The van der Waals surface area contributed by atoms with Crippen LogP contribution in [0, 0.1) is 0 Å². The molecule has 1 amide bonds. The van der Waals surface area contributed by atoms with Crippen molar-refractivity contribution in [3.05, 3.63) is 53.9 Å². The van der Waals surface area contributed by atoms with E-state index in [1.807, 2.05) is 53.9 Å². The Hall–Kier alpha value is -3.50. The van der Waals surface area contributed by atoms with Gasteiger partial charge in [0.15, 0.2) is 6.04 Å². The number of thiazole rings is 2. The molecule has 3 heterocycles. The largest absolute Gasteiger partial charge is 0.497 e. The van der Waals surface area contributed by atoms with Crippen LogP contribution in [-0.2, 0) is 4.79 Å². The number of ether oxygens (including phenoxy) is 1. The molecule has 0 aliphatic carbocycles. The van der Waals surface area contributed by atoms with Gasteiger partial charge in [-0.2, -0.15) is 15.2 Å². The Labute approximate surface area is 185 Å². The van der Waals surface area contributed by atoms with Crippen molar-refractivity contribution in [2.45, 2.75) is 13.0 Å². The number of methoxy groups -OCH3 is 1. The molecule has 5 rings (SSSR count). The van der Waals surface area contributed by atoms with Gasteiger partial charge in [0.25, 0.3) is 5.91 Å². The van der Waals surface area contributed by atoms with Gasteiger partial charge in [-0.25, -0.2) is 9.97 Å². The second-order valence-corrected chi connectivity index (χ2v) is 8.56. The quantitative estimate of drug-likeness (QED) is 0.387. The Morgan fingerprint density at radius 2 is 1.90 bits per heavy atom. The number of rotatable bonds is 5. The molecule has 0 bridgehead atoms. The SMILES string of the molecule is COc1ccc(-c2csc(N3N=C(C)C(N=Nc4nc5ccccc5s4)C3=O)n2)cc1. The fourth-order valence-electron chi connectivity index (χ4n) is 3.09. The monoisotopic (exact) mass is 448 g/mol. The zero-order valence-electron chi connectivity index (χ0n) is 16.6. The molecule has 1 aliphatic rings. The summed E-state index contributed by atoms with van der Waals surface area (Å²) in [7, 11) is 1.62. The minimum Gasteiger partial charge on any atom is -0.497 e. The third kappa shape index (κ3) is 3.71. The van der Waals surface area contributed by atoms with E-state index in [0.29, 0.717) is 16.0 Å². The first-order valence-corrected chi connectivity index (χ1v) is 11.1. The molecule has 154 valence electrons. The van der Waals surface area contributed by atoms with Crippen molar-refractivity contribution in [1.82, 2.24) is 9.97 Å². The third-order valence-electron chi connectivity index (χ3n) is 4.70. The van der Waals surface area contributed by atoms with E-state index in [4.69, 9.17) is 4.74 Å². The number of carbonyl (C=O) groups excluding carboxylic acids is 1. The molecule has 1 unspecified atom stereocenters. The first kappa shape index (κ1) is 19.5. The average molecular weight is 449 g/mol. The summed E-state index contributed by atoms with van der Waals surface area (Å²) in [6, 6.07) is 14.6. The van der Waals surface area contributed by atoms with Gasteiger partial charge in [0, 0.05) is 10.9 Å². The Morgan fingerprint density at radius 1 is 1.10 bits per heavy atom. The van der Waals surface area contributed by atoms with Gasteiger partial charge in [-0.05, 0) is 43.3 Å². The van der Waals surface area contributed by atoms with Crippen molar-refractivity contribution in [2.24, 2.45) is 15.3 Å². The van der Waals surface area contributed by atoms with Crippen LogP contribution >= 0.6 is 22.7 Å². The van der Waals surface area contributed by atoms with E-state index in [-0.39, 0.29) is 5.91 Å². The molecule has 4 aromatic rings. The van der Waals surface area contributed by atoms with Gasteiger partial charge >= 0.3 is 0 Å². The van der Waals surface area contributed by atoms with Crippen molar-refractivity contribution in [1.29, 1.82) is 0 Å². The molecule has 0 fully saturated rings. The molecule has 0 saturated heterocycles. The fraction of sp³-hybridized carbons (Fsp3) is 0.143. The summed E-state index contributed by atoms with van der Waals surface area (Å²) in [5.74, 6) is 0.494. The molecule has 2 aromatic heterocycles. The van der Waals surface area contributed by atoms with Crippen LogP contribution in [0.15, 0.2) is 69.2 Å². The fourth-order valence-corrected chi connectivity index (χ4v) is 4.67. The first-order chi connectivity index (χ1) is 15.1. The highest BCUT2D eigenvalue weighted by atomic mass is 32.1. The van der Waals surface area contributed by atoms with Gasteiger partial charge < -0.3 is 4.74 Å².